The lowest BCUT2D eigenvalue weighted by atomic mass is 9.92. The summed E-state index contributed by atoms with van der Waals surface area (Å²) in [5.74, 6) is 1.43. The van der Waals surface area contributed by atoms with E-state index in [1.54, 1.807) is 6.07 Å². The summed E-state index contributed by atoms with van der Waals surface area (Å²) in [5, 5.41) is 5.24. The average Bonchev–Trinajstić information content (AvgIpc) is 2.81. The maximum absolute atomic E-state index is 12.1. The number of hydrogen-bond donors (Lipinski definition) is 0. The molecule has 1 fully saturated rings. The van der Waals surface area contributed by atoms with E-state index in [9.17, 15) is 4.79 Å². The second-order valence-corrected chi connectivity index (χ2v) is 7.31. The third kappa shape index (κ3) is 3.16. The van der Waals surface area contributed by atoms with Gasteiger partial charge in [0.25, 0.3) is 5.56 Å². The van der Waals surface area contributed by atoms with Crippen molar-refractivity contribution in [2.75, 3.05) is 13.1 Å². The Labute approximate surface area is 128 Å². The zero-order chi connectivity index (χ0) is 15.0. The van der Waals surface area contributed by atoms with Gasteiger partial charge in [0, 0.05) is 25.7 Å². The Kier molecular flexibility index (Phi) is 4.08. The van der Waals surface area contributed by atoms with Gasteiger partial charge in [-0.1, -0.05) is 32.1 Å². The predicted molar refractivity (Wildman–Crippen MR) is 84.7 cm³/mol. The van der Waals surface area contributed by atoms with Crippen LogP contribution in [-0.2, 0) is 13.0 Å². The lowest BCUT2D eigenvalue weighted by molar-refractivity contribution is 0.133. The first-order valence-corrected chi connectivity index (χ1v) is 8.47. The van der Waals surface area contributed by atoms with Crippen LogP contribution in [0.4, 0.5) is 0 Å². The Morgan fingerprint density at radius 3 is 2.71 bits per heavy atom. The molecule has 3 heterocycles. The van der Waals surface area contributed by atoms with E-state index >= 15 is 0 Å². The minimum atomic E-state index is -0.0657. The van der Waals surface area contributed by atoms with Crippen molar-refractivity contribution < 1.29 is 0 Å². The van der Waals surface area contributed by atoms with Crippen LogP contribution in [0.2, 0.25) is 0 Å². The van der Waals surface area contributed by atoms with Gasteiger partial charge >= 0.3 is 0 Å². The summed E-state index contributed by atoms with van der Waals surface area (Å²) in [6.07, 6.45) is 2.13. The van der Waals surface area contributed by atoms with E-state index in [1.807, 2.05) is 6.92 Å². The third-order valence-corrected chi connectivity index (χ3v) is 5.03. The monoisotopic (exact) mass is 306 g/mol. The fraction of sp³-hybridized carbons (Fsp3) is 0.667. The van der Waals surface area contributed by atoms with Crippen LogP contribution in [0.3, 0.4) is 0 Å². The highest BCUT2D eigenvalue weighted by Crippen LogP contribution is 2.22. The second kappa shape index (κ2) is 5.85. The largest absolute Gasteiger partial charge is 0.297 e. The van der Waals surface area contributed by atoms with Gasteiger partial charge in [-0.15, -0.1) is 0 Å². The van der Waals surface area contributed by atoms with Gasteiger partial charge in [-0.3, -0.25) is 9.69 Å². The van der Waals surface area contributed by atoms with Crippen molar-refractivity contribution in [3.63, 3.8) is 0 Å². The molecular weight excluding hydrogens is 284 g/mol. The summed E-state index contributed by atoms with van der Waals surface area (Å²) in [6, 6.07) is 1.64. The normalized spacial score (nSPS) is 23.8. The quantitative estimate of drug-likeness (QED) is 0.872. The van der Waals surface area contributed by atoms with Crippen molar-refractivity contribution in [1.29, 1.82) is 0 Å². The maximum Gasteiger partial charge on any atom is 0.275 e. The molecule has 2 aromatic heterocycles. The van der Waals surface area contributed by atoms with Crippen molar-refractivity contribution in [3.8, 4) is 0 Å². The van der Waals surface area contributed by atoms with Crippen LogP contribution in [-0.4, -0.2) is 32.6 Å². The van der Waals surface area contributed by atoms with E-state index in [4.69, 9.17) is 0 Å². The summed E-state index contributed by atoms with van der Waals surface area (Å²) in [6.45, 7) is 9.58. The van der Waals surface area contributed by atoms with Gasteiger partial charge in [0.15, 0.2) is 0 Å². The fourth-order valence-corrected chi connectivity index (χ4v) is 4.13. The molecule has 0 amide bonds. The van der Waals surface area contributed by atoms with E-state index in [0.717, 1.165) is 36.8 Å². The first-order chi connectivity index (χ1) is 10.0. The van der Waals surface area contributed by atoms with Crippen molar-refractivity contribution in [2.24, 2.45) is 11.8 Å². The van der Waals surface area contributed by atoms with Crippen LogP contribution in [0.5, 0.6) is 0 Å². The average molecular weight is 306 g/mol. The molecular formula is C15H22N4OS. The Morgan fingerprint density at radius 2 is 2.05 bits per heavy atom. The first kappa shape index (κ1) is 14.7. The highest BCUT2D eigenvalue weighted by molar-refractivity contribution is 7.16. The molecule has 3 rings (SSSR count). The number of fused-ring (bicyclic) bond motifs is 1. The zero-order valence-electron chi connectivity index (χ0n) is 12.9. The number of aromatic nitrogens is 3. The molecule has 5 nitrogen and oxygen atoms in total. The van der Waals surface area contributed by atoms with Crippen molar-refractivity contribution in [3.05, 3.63) is 27.1 Å². The Bertz CT molecular complexity index is 683. The van der Waals surface area contributed by atoms with E-state index < -0.39 is 0 Å². The molecule has 6 heteroatoms. The summed E-state index contributed by atoms with van der Waals surface area (Å²) >= 11 is 1.51. The smallest absolute Gasteiger partial charge is 0.275 e. The molecule has 1 aliphatic rings. The van der Waals surface area contributed by atoms with Crippen LogP contribution in [0.1, 0.15) is 37.9 Å². The number of rotatable bonds is 3. The van der Waals surface area contributed by atoms with E-state index in [-0.39, 0.29) is 5.56 Å². The second-order valence-electron chi connectivity index (χ2n) is 6.27. The van der Waals surface area contributed by atoms with Crippen LogP contribution >= 0.6 is 11.3 Å². The van der Waals surface area contributed by atoms with Gasteiger partial charge in [0.2, 0.25) is 4.96 Å². The molecule has 21 heavy (non-hydrogen) atoms. The van der Waals surface area contributed by atoms with Gasteiger partial charge in [0.1, 0.15) is 5.01 Å². The lowest BCUT2D eigenvalue weighted by Crippen LogP contribution is -2.38. The summed E-state index contributed by atoms with van der Waals surface area (Å²) < 4.78 is 1.43. The van der Waals surface area contributed by atoms with Gasteiger partial charge in [0.05, 0.1) is 5.69 Å². The van der Waals surface area contributed by atoms with Gasteiger partial charge in [-0.2, -0.15) is 9.61 Å². The molecule has 0 saturated carbocycles. The fourth-order valence-electron chi connectivity index (χ4n) is 3.27. The Hall–Kier alpha value is -1.27. The molecule has 0 radical (unpaired) electrons. The molecule has 0 spiro atoms. The summed E-state index contributed by atoms with van der Waals surface area (Å²) in [5.41, 5.74) is 0.802. The molecule has 2 aromatic rings. The molecule has 0 unspecified atom stereocenters. The van der Waals surface area contributed by atoms with Crippen LogP contribution in [0.15, 0.2) is 10.9 Å². The predicted octanol–water partition coefficient (Wildman–Crippen LogP) is 2.19. The number of likely N-dealkylation sites (tertiary alicyclic amines) is 1. The van der Waals surface area contributed by atoms with Crippen LogP contribution in [0, 0.1) is 11.8 Å². The molecule has 2 atom stereocenters. The van der Waals surface area contributed by atoms with Crippen molar-refractivity contribution in [2.45, 2.75) is 40.2 Å². The standard InChI is InChI=1S/C15H22N4OS/c1-4-13-17-19-14(20)6-12(16-15(19)21-13)9-18-7-10(2)5-11(3)8-18/h6,10-11H,4-5,7-9H2,1-3H3/t10-,11-/m1/s1. The van der Waals surface area contributed by atoms with Crippen LogP contribution in [0.25, 0.3) is 4.96 Å². The van der Waals surface area contributed by atoms with E-state index in [0.29, 0.717) is 16.8 Å². The molecule has 0 aromatic carbocycles. The van der Waals surface area contributed by atoms with Crippen molar-refractivity contribution in [1.82, 2.24) is 19.5 Å². The maximum atomic E-state index is 12.1. The van der Waals surface area contributed by atoms with Gasteiger partial charge < -0.3 is 0 Å². The molecule has 0 aliphatic carbocycles. The SMILES string of the molecule is CCc1nn2c(=O)cc(CN3C[C@H](C)C[C@@H](C)C3)nc2s1. The topological polar surface area (TPSA) is 50.5 Å². The minimum Gasteiger partial charge on any atom is -0.297 e. The van der Waals surface area contributed by atoms with Crippen molar-refractivity contribution >= 4 is 16.3 Å². The number of piperidine rings is 1. The van der Waals surface area contributed by atoms with E-state index in [1.165, 1.54) is 22.3 Å². The number of hydrogen-bond acceptors (Lipinski definition) is 5. The molecule has 1 saturated heterocycles. The summed E-state index contributed by atoms with van der Waals surface area (Å²) in [4.78, 5) is 19.9. The highest BCUT2D eigenvalue weighted by Gasteiger charge is 2.22. The van der Waals surface area contributed by atoms with Gasteiger partial charge in [-0.05, 0) is 24.7 Å². The zero-order valence-corrected chi connectivity index (χ0v) is 13.7. The van der Waals surface area contributed by atoms with E-state index in [2.05, 4.69) is 28.8 Å². The first-order valence-electron chi connectivity index (χ1n) is 7.66. The highest BCUT2D eigenvalue weighted by atomic mass is 32.1. The van der Waals surface area contributed by atoms with Gasteiger partial charge in [-0.25, -0.2) is 4.98 Å². The number of aryl methyl sites for hydroxylation is 1. The lowest BCUT2D eigenvalue weighted by Gasteiger charge is -2.34. The molecule has 0 N–H and O–H groups in total. The minimum absolute atomic E-state index is 0.0657. The van der Waals surface area contributed by atoms with Crippen LogP contribution < -0.4 is 5.56 Å². The summed E-state index contributed by atoms with van der Waals surface area (Å²) in [7, 11) is 0. The Balaban J connectivity index is 1.85. The number of nitrogens with zero attached hydrogens (tertiary/aromatic N) is 4. The molecule has 0 bridgehead atoms. The molecule has 1 aliphatic heterocycles. The molecule has 114 valence electrons. The third-order valence-electron chi connectivity index (χ3n) is 3.97. The Morgan fingerprint density at radius 1 is 1.33 bits per heavy atom.